The summed E-state index contributed by atoms with van der Waals surface area (Å²) >= 11 is 0. The second kappa shape index (κ2) is 16.2. The summed E-state index contributed by atoms with van der Waals surface area (Å²) in [5.74, 6) is -0.559. The lowest BCUT2D eigenvalue weighted by Crippen LogP contribution is -2.19. The van der Waals surface area contributed by atoms with Crippen LogP contribution in [0.25, 0.3) is 87.3 Å². The SMILES string of the molecule is Cc1cc(C(C)(C)C)cc(C)c1-c1cc2c3cc4c(cc3n3c5c(C)c6c7c(C(C)(C)C)cc(C(C)(C)C)c8c9cc%10c(cc9n(c6c(C)c5c(c1)c23)c87)C(=O)C1c2ccccc2C%10c2ccccc21)C(=O)C1c2ccccc2C4c2ccccc21. The fraction of sp³-hybridized carbons (Fsp3) is 0.244. The second-order valence-corrected chi connectivity index (χ2v) is 29.5. The quantitative estimate of drug-likeness (QED) is 0.164. The van der Waals surface area contributed by atoms with E-state index >= 15 is 9.59 Å². The summed E-state index contributed by atoms with van der Waals surface area (Å²) in [6, 6.07) is 56.8. The van der Waals surface area contributed by atoms with Crippen LogP contribution in [0.2, 0.25) is 0 Å². The number of Topliss-reactive ketones (excluding diaryl/α,β-unsaturated/α-hetero) is 2. The van der Waals surface area contributed by atoms with Crippen LogP contribution in [0.1, 0.15) is 201 Å². The summed E-state index contributed by atoms with van der Waals surface area (Å²) < 4.78 is 5.21. The Hall–Kier alpha value is -8.86. The first-order chi connectivity index (χ1) is 41.1. The monoisotopic (exact) mass is 1110 g/mol. The van der Waals surface area contributed by atoms with Gasteiger partial charge in [-0.2, -0.15) is 0 Å². The Morgan fingerprint density at radius 2 is 0.733 bits per heavy atom. The zero-order chi connectivity index (χ0) is 59.0. The first-order valence-electron chi connectivity index (χ1n) is 31.2. The predicted octanol–water partition coefficient (Wildman–Crippen LogP) is 20.4. The van der Waals surface area contributed by atoms with E-state index in [0.717, 1.165) is 55.5 Å². The van der Waals surface area contributed by atoms with Crippen molar-refractivity contribution in [2.24, 2.45) is 0 Å². The number of hydrogen-bond acceptors (Lipinski definition) is 2. The van der Waals surface area contributed by atoms with Gasteiger partial charge in [-0.25, -0.2) is 0 Å². The molecule has 10 aromatic carbocycles. The van der Waals surface area contributed by atoms with Crippen molar-refractivity contribution in [1.29, 1.82) is 0 Å². The van der Waals surface area contributed by atoms with Crippen molar-refractivity contribution >= 4 is 87.8 Å². The first kappa shape index (κ1) is 50.5. The number of aromatic nitrogens is 2. The summed E-state index contributed by atoms with van der Waals surface area (Å²) in [6.07, 6.45) is 0. The van der Waals surface area contributed by atoms with E-state index in [-0.39, 0.29) is 51.5 Å². The average molecular weight is 1110 g/mol. The number of hydrogen-bond donors (Lipinski definition) is 0. The molecule has 4 heteroatoms. The maximum Gasteiger partial charge on any atom is 0.175 e. The topological polar surface area (TPSA) is 43.0 Å². The normalized spacial score (nSPS) is 18.1. The third-order valence-electron chi connectivity index (χ3n) is 21.6. The number of nitrogens with zero attached hydrogens (tertiary/aromatic N) is 2. The molecule has 4 nitrogen and oxygen atoms in total. The zero-order valence-electron chi connectivity index (χ0n) is 51.5. The Kier molecular flexibility index (Phi) is 9.48. The molecule has 0 aliphatic heterocycles. The van der Waals surface area contributed by atoms with Crippen molar-refractivity contribution in [1.82, 2.24) is 8.80 Å². The molecule has 4 aromatic heterocycles. The summed E-state index contributed by atoms with van der Waals surface area (Å²) in [7, 11) is 0. The van der Waals surface area contributed by atoms with E-state index in [1.807, 2.05) is 0 Å². The minimum absolute atomic E-state index is 0.00722. The Bertz CT molecular complexity index is 5400. The molecular weight excluding hydrogens is 1040 g/mol. The molecule has 0 radical (unpaired) electrons. The van der Waals surface area contributed by atoms with E-state index < -0.39 is 0 Å². The third-order valence-corrected chi connectivity index (χ3v) is 21.6. The summed E-state index contributed by atoms with van der Waals surface area (Å²) in [5.41, 5.74) is 31.3. The van der Waals surface area contributed by atoms with Gasteiger partial charge in [-0.3, -0.25) is 9.59 Å². The van der Waals surface area contributed by atoms with Crippen molar-refractivity contribution in [2.75, 3.05) is 0 Å². The summed E-state index contributed by atoms with van der Waals surface area (Å²) in [6.45, 7) is 30.6. The van der Waals surface area contributed by atoms with Crippen molar-refractivity contribution in [3.63, 3.8) is 0 Å². The lowest BCUT2D eigenvalue weighted by Gasteiger charge is -2.30. The van der Waals surface area contributed by atoms with E-state index in [1.54, 1.807) is 0 Å². The van der Waals surface area contributed by atoms with Crippen molar-refractivity contribution in [3.05, 3.63) is 257 Å². The van der Waals surface area contributed by atoms with E-state index in [2.05, 4.69) is 250 Å². The van der Waals surface area contributed by atoms with Gasteiger partial charge in [0.1, 0.15) is 0 Å². The number of carbonyl (C=O) groups is 2. The van der Waals surface area contributed by atoms with E-state index in [4.69, 9.17) is 0 Å². The van der Waals surface area contributed by atoms with Gasteiger partial charge in [0.15, 0.2) is 11.6 Å². The molecule has 6 aliphatic carbocycles. The van der Waals surface area contributed by atoms with Crippen LogP contribution in [-0.4, -0.2) is 20.4 Å². The number of benzene rings is 10. The highest BCUT2D eigenvalue weighted by molar-refractivity contribution is 6.33. The molecule has 418 valence electrons. The van der Waals surface area contributed by atoms with Gasteiger partial charge in [0.05, 0.1) is 44.9 Å². The van der Waals surface area contributed by atoms with Crippen LogP contribution in [0.5, 0.6) is 0 Å². The van der Waals surface area contributed by atoms with Gasteiger partial charge in [0.25, 0.3) is 0 Å². The van der Waals surface area contributed by atoms with Gasteiger partial charge in [-0.05, 0) is 186 Å². The molecule has 6 aliphatic rings. The lowest BCUT2D eigenvalue weighted by molar-refractivity contribution is 0.0966. The number of fused-ring (bicyclic) bond motifs is 12. The molecule has 0 unspecified atom stereocenters. The fourth-order valence-electron chi connectivity index (χ4n) is 18.0. The van der Waals surface area contributed by atoms with Crippen LogP contribution >= 0.6 is 0 Å². The van der Waals surface area contributed by atoms with E-state index in [1.165, 1.54) is 137 Å². The molecular formula is C82H68N2O2. The highest BCUT2D eigenvalue weighted by atomic mass is 16.1. The van der Waals surface area contributed by atoms with Gasteiger partial charge < -0.3 is 8.80 Å². The zero-order valence-corrected chi connectivity index (χ0v) is 51.5. The molecule has 14 aromatic rings. The molecule has 4 bridgehead atoms. The molecule has 0 saturated heterocycles. The smallest absolute Gasteiger partial charge is 0.175 e. The predicted molar refractivity (Wildman–Crippen MR) is 356 cm³/mol. The van der Waals surface area contributed by atoms with Crippen LogP contribution in [0.4, 0.5) is 0 Å². The maximum atomic E-state index is 15.8. The Balaban J connectivity index is 1.03. The van der Waals surface area contributed by atoms with Gasteiger partial charge in [-0.1, -0.05) is 178 Å². The molecule has 86 heavy (non-hydrogen) atoms. The molecule has 0 spiro atoms. The Labute approximate surface area is 501 Å². The number of carbonyl (C=O) groups excluding carboxylic acids is 2. The largest absolute Gasteiger partial charge is 0.308 e. The molecule has 0 fully saturated rings. The van der Waals surface area contributed by atoms with Crippen molar-refractivity contribution < 1.29 is 9.59 Å². The molecule has 0 saturated carbocycles. The van der Waals surface area contributed by atoms with E-state index in [0.29, 0.717) is 0 Å². The van der Waals surface area contributed by atoms with E-state index in [9.17, 15) is 0 Å². The number of ketones is 2. The Morgan fingerprint density at radius 3 is 1.20 bits per heavy atom. The molecule has 0 N–H and O–H groups in total. The van der Waals surface area contributed by atoms with Gasteiger partial charge >= 0.3 is 0 Å². The minimum Gasteiger partial charge on any atom is -0.308 e. The third kappa shape index (κ3) is 6.06. The minimum atomic E-state index is -0.381. The molecule has 20 rings (SSSR count). The molecule has 4 heterocycles. The first-order valence-corrected chi connectivity index (χ1v) is 31.2. The lowest BCUT2D eigenvalue weighted by atomic mass is 9.72. The maximum absolute atomic E-state index is 15.8. The van der Waals surface area contributed by atoms with Crippen LogP contribution in [0.15, 0.2) is 152 Å². The Morgan fingerprint density at radius 1 is 0.337 bits per heavy atom. The second-order valence-electron chi connectivity index (χ2n) is 29.5. The fourth-order valence-corrected chi connectivity index (χ4v) is 18.0. The average Bonchev–Trinajstić information content (AvgIpc) is 1.50. The highest BCUT2D eigenvalue weighted by Crippen LogP contribution is 2.58. The van der Waals surface area contributed by atoms with Crippen LogP contribution < -0.4 is 0 Å². The van der Waals surface area contributed by atoms with Crippen LogP contribution in [0, 0.1) is 27.7 Å². The molecule has 0 amide bonds. The van der Waals surface area contributed by atoms with Crippen molar-refractivity contribution in [3.8, 4) is 11.1 Å². The number of rotatable bonds is 1. The highest BCUT2D eigenvalue weighted by Gasteiger charge is 2.46. The van der Waals surface area contributed by atoms with Crippen LogP contribution in [0.3, 0.4) is 0 Å². The van der Waals surface area contributed by atoms with Gasteiger partial charge in [-0.15, -0.1) is 0 Å². The standard InChI is InChI=1S/C82H68N2O2/c1-39-30-44(80(5,6)7)31-40(2)65(39)43-32-56-53-34-54-57(78(85)70-49-26-18-14-22-45(49)68(54)46-23-15-19-27-50(46)70)36-63(53)83-74-42(4)67-73-62(82(11,12)13)38-61(81(8,9)10)72-59-35-55-58(37-64(59)84(77(72)73)75(67)41(3)66(74)60(33-43)76(56)83)79(86)71-51-28-20-16-24-47(51)69(55)48-25-17-21-29-52(48)71/h14-38,68-71H,1-13H3. The summed E-state index contributed by atoms with van der Waals surface area (Å²) in [4.78, 5) is 31.7. The summed E-state index contributed by atoms with van der Waals surface area (Å²) in [5, 5.41) is 9.87. The van der Waals surface area contributed by atoms with Crippen LogP contribution in [-0.2, 0) is 16.2 Å². The van der Waals surface area contributed by atoms with Gasteiger partial charge in [0.2, 0.25) is 0 Å². The van der Waals surface area contributed by atoms with Crippen molar-refractivity contribution in [2.45, 2.75) is 130 Å². The molecule has 0 atom stereocenters. The number of aryl methyl sites for hydroxylation is 4. The van der Waals surface area contributed by atoms with Gasteiger partial charge in [0, 0.05) is 66.1 Å².